The summed E-state index contributed by atoms with van der Waals surface area (Å²) in [7, 11) is 1.79. The van der Waals surface area contributed by atoms with Crippen molar-refractivity contribution in [3.63, 3.8) is 0 Å². The number of aromatic amines is 1. The molecule has 1 unspecified atom stereocenters. The number of hydrogen-bond donors (Lipinski definition) is 2. The molecule has 2 aromatic rings. The standard InChI is InChI=1S/C12H13BrN2O.2C2H6/c1-7(14-2)12(16)10-6-15-11-4-3-8(13)5-9(10)11;2*1-2/h3-7,14-15H,1-2H3;2*1-2H3. The first kappa shape index (κ1) is 18.9. The number of benzene rings is 1. The molecule has 0 bridgehead atoms. The molecule has 0 fully saturated rings. The maximum absolute atomic E-state index is 12.1. The van der Waals surface area contributed by atoms with Crippen molar-refractivity contribution in [1.82, 2.24) is 10.3 Å². The minimum absolute atomic E-state index is 0.104. The molecule has 4 heteroatoms. The topological polar surface area (TPSA) is 44.9 Å². The molecule has 0 amide bonds. The predicted molar refractivity (Wildman–Crippen MR) is 91.5 cm³/mol. The molecule has 2 rings (SSSR count). The van der Waals surface area contributed by atoms with Crippen LogP contribution in [0.1, 0.15) is 45.0 Å². The Morgan fingerprint density at radius 2 is 1.85 bits per heavy atom. The van der Waals surface area contributed by atoms with Gasteiger partial charge in [-0.05, 0) is 32.2 Å². The third-order valence-electron chi connectivity index (χ3n) is 2.74. The lowest BCUT2D eigenvalue weighted by Crippen LogP contribution is -2.30. The maximum Gasteiger partial charge on any atom is 0.181 e. The summed E-state index contributed by atoms with van der Waals surface area (Å²) in [5.74, 6) is 0.104. The van der Waals surface area contributed by atoms with Crippen LogP contribution in [0.25, 0.3) is 10.9 Å². The number of carbonyl (C=O) groups is 1. The van der Waals surface area contributed by atoms with Gasteiger partial charge in [0.1, 0.15) is 0 Å². The number of ketones is 1. The molecule has 1 heterocycles. The SMILES string of the molecule is CC.CC.CNC(C)C(=O)c1c[nH]c2ccc(Br)cc12. The molecule has 1 aromatic heterocycles. The number of nitrogens with one attached hydrogen (secondary N) is 2. The van der Waals surface area contributed by atoms with Gasteiger partial charge in [0.25, 0.3) is 0 Å². The van der Waals surface area contributed by atoms with Crippen molar-refractivity contribution in [2.24, 2.45) is 0 Å². The second kappa shape index (κ2) is 9.72. The Kier molecular flexibility index (Phi) is 9.17. The van der Waals surface area contributed by atoms with Gasteiger partial charge in [0, 0.05) is 27.1 Å². The molecule has 3 nitrogen and oxygen atoms in total. The Bertz CT molecular complexity index is 534. The average molecular weight is 341 g/mol. The minimum Gasteiger partial charge on any atom is -0.360 e. The number of fused-ring (bicyclic) bond motifs is 1. The van der Waals surface area contributed by atoms with Gasteiger partial charge in [-0.3, -0.25) is 4.79 Å². The van der Waals surface area contributed by atoms with Gasteiger partial charge in [-0.15, -0.1) is 0 Å². The van der Waals surface area contributed by atoms with Gasteiger partial charge >= 0.3 is 0 Å². The van der Waals surface area contributed by atoms with E-state index in [9.17, 15) is 4.79 Å². The summed E-state index contributed by atoms with van der Waals surface area (Å²) in [6, 6.07) is 5.70. The third-order valence-corrected chi connectivity index (χ3v) is 3.23. The number of rotatable bonds is 3. The van der Waals surface area contributed by atoms with Crippen LogP contribution < -0.4 is 5.32 Å². The first-order valence-electron chi connectivity index (χ1n) is 7.11. The zero-order chi connectivity index (χ0) is 15.7. The third kappa shape index (κ3) is 4.46. The van der Waals surface area contributed by atoms with Crippen LogP contribution in [0.4, 0.5) is 0 Å². The summed E-state index contributed by atoms with van der Waals surface area (Å²) in [5.41, 5.74) is 1.72. The van der Waals surface area contributed by atoms with E-state index in [2.05, 4.69) is 26.2 Å². The van der Waals surface area contributed by atoms with E-state index >= 15 is 0 Å². The summed E-state index contributed by atoms with van der Waals surface area (Å²) in [5, 5.41) is 3.92. The summed E-state index contributed by atoms with van der Waals surface area (Å²) in [6.45, 7) is 9.86. The van der Waals surface area contributed by atoms with E-state index in [0.29, 0.717) is 0 Å². The van der Waals surface area contributed by atoms with E-state index < -0.39 is 0 Å². The molecule has 0 spiro atoms. The van der Waals surface area contributed by atoms with E-state index in [4.69, 9.17) is 0 Å². The van der Waals surface area contributed by atoms with E-state index in [1.54, 1.807) is 13.2 Å². The van der Waals surface area contributed by atoms with Crippen LogP contribution in [-0.4, -0.2) is 23.9 Å². The lowest BCUT2D eigenvalue weighted by atomic mass is 10.0. The van der Waals surface area contributed by atoms with Gasteiger partial charge in [-0.2, -0.15) is 0 Å². The first-order chi connectivity index (χ1) is 9.63. The number of hydrogen-bond acceptors (Lipinski definition) is 2. The molecule has 0 aliphatic heterocycles. The normalized spacial score (nSPS) is 10.9. The molecule has 20 heavy (non-hydrogen) atoms. The fourth-order valence-corrected chi connectivity index (χ4v) is 2.02. The Labute approximate surface area is 130 Å². The van der Waals surface area contributed by atoms with E-state index in [-0.39, 0.29) is 11.8 Å². The minimum atomic E-state index is -0.169. The highest BCUT2D eigenvalue weighted by Gasteiger charge is 2.17. The van der Waals surface area contributed by atoms with Gasteiger partial charge in [-0.1, -0.05) is 43.6 Å². The fraction of sp³-hybridized carbons (Fsp3) is 0.438. The Morgan fingerprint density at radius 3 is 2.40 bits per heavy atom. The monoisotopic (exact) mass is 340 g/mol. The molecule has 0 aliphatic rings. The number of H-pyrrole nitrogens is 1. The Hall–Kier alpha value is -1.13. The maximum atomic E-state index is 12.1. The fourth-order valence-electron chi connectivity index (χ4n) is 1.66. The summed E-state index contributed by atoms with van der Waals surface area (Å²) in [4.78, 5) is 15.2. The second-order valence-electron chi connectivity index (χ2n) is 3.77. The predicted octanol–water partition coefficient (Wildman–Crippen LogP) is 4.77. The van der Waals surface area contributed by atoms with E-state index in [1.165, 1.54) is 0 Å². The van der Waals surface area contributed by atoms with Crippen molar-refractivity contribution in [3.05, 3.63) is 34.4 Å². The van der Waals surface area contributed by atoms with Crippen LogP contribution in [0.5, 0.6) is 0 Å². The van der Waals surface area contributed by atoms with Crippen molar-refractivity contribution in [1.29, 1.82) is 0 Å². The summed E-state index contributed by atoms with van der Waals surface area (Å²) in [6.07, 6.45) is 1.77. The molecule has 1 aromatic carbocycles. The number of likely N-dealkylation sites (N-methyl/N-ethyl adjacent to an activating group) is 1. The smallest absolute Gasteiger partial charge is 0.181 e. The molecule has 112 valence electrons. The quantitative estimate of drug-likeness (QED) is 0.790. The molecule has 0 radical (unpaired) electrons. The molecule has 0 aliphatic carbocycles. The van der Waals surface area contributed by atoms with E-state index in [1.807, 2.05) is 52.8 Å². The summed E-state index contributed by atoms with van der Waals surface area (Å²) < 4.78 is 0.978. The second-order valence-corrected chi connectivity index (χ2v) is 4.68. The zero-order valence-electron chi connectivity index (χ0n) is 13.2. The average Bonchev–Trinajstić information content (AvgIpc) is 2.92. The van der Waals surface area contributed by atoms with Crippen LogP contribution in [-0.2, 0) is 0 Å². The van der Waals surface area contributed by atoms with Crippen LogP contribution >= 0.6 is 15.9 Å². The number of aromatic nitrogens is 1. The molecular weight excluding hydrogens is 316 g/mol. The number of halogens is 1. The first-order valence-corrected chi connectivity index (χ1v) is 7.91. The van der Waals surface area contributed by atoms with Gasteiger partial charge in [0.2, 0.25) is 0 Å². The number of Topliss-reactive ketones (excluding diaryl/α,β-unsaturated/α-hetero) is 1. The van der Waals surface area contributed by atoms with Gasteiger partial charge in [0.05, 0.1) is 6.04 Å². The van der Waals surface area contributed by atoms with Crippen LogP contribution in [0.2, 0.25) is 0 Å². The lowest BCUT2D eigenvalue weighted by molar-refractivity contribution is 0.0956. The van der Waals surface area contributed by atoms with Crippen molar-refractivity contribution < 1.29 is 4.79 Å². The summed E-state index contributed by atoms with van der Waals surface area (Å²) >= 11 is 3.41. The highest BCUT2D eigenvalue weighted by atomic mass is 79.9. The lowest BCUT2D eigenvalue weighted by Gasteiger charge is -2.07. The van der Waals surface area contributed by atoms with Gasteiger partial charge in [0.15, 0.2) is 5.78 Å². The largest absolute Gasteiger partial charge is 0.360 e. The van der Waals surface area contributed by atoms with Crippen molar-refractivity contribution in [2.75, 3.05) is 7.05 Å². The molecular formula is C16H25BrN2O. The Morgan fingerprint density at radius 1 is 1.25 bits per heavy atom. The molecule has 2 N–H and O–H groups in total. The van der Waals surface area contributed by atoms with Crippen molar-refractivity contribution in [3.8, 4) is 0 Å². The Balaban J connectivity index is 0.000000829. The van der Waals surface area contributed by atoms with E-state index in [0.717, 1.165) is 20.9 Å². The zero-order valence-corrected chi connectivity index (χ0v) is 14.8. The molecule has 1 atom stereocenters. The highest BCUT2D eigenvalue weighted by molar-refractivity contribution is 9.10. The van der Waals surface area contributed by atoms with Gasteiger partial charge < -0.3 is 10.3 Å². The van der Waals surface area contributed by atoms with Crippen LogP contribution in [0, 0.1) is 0 Å². The highest BCUT2D eigenvalue weighted by Crippen LogP contribution is 2.23. The van der Waals surface area contributed by atoms with Crippen LogP contribution in [0.3, 0.4) is 0 Å². The molecule has 0 saturated carbocycles. The molecule has 0 saturated heterocycles. The number of carbonyl (C=O) groups excluding carboxylic acids is 1. The van der Waals surface area contributed by atoms with Crippen molar-refractivity contribution in [2.45, 2.75) is 40.7 Å². The van der Waals surface area contributed by atoms with Crippen LogP contribution in [0.15, 0.2) is 28.9 Å². The van der Waals surface area contributed by atoms with Crippen molar-refractivity contribution >= 4 is 32.6 Å². The van der Waals surface area contributed by atoms with Gasteiger partial charge in [-0.25, -0.2) is 0 Å².